The Balaban J connectivity index is 2.28. The van der Waals surface area contributed by atoms with Gasteiger partial charge >= 0.3 is 0 Å². The number of carboxylic acid groups (broad SMARTS) is 1. The average Bonchev–Trinajstić information content (AvgIpc) is 2.48. The minimum absolute atomic E-state index is 0.158. The van der Waals surface area contributed by atoms with Crippen LogP contribution >= 0.6 is 0 Å². The summed E-state index contributed by atoms with van der Waals surface area (Å²) in [5.41, 5.74) is 0.0671. The number of carbonyl (C=O) groups is 1. The molecule has 2 aromatic carbocycles. The molecule has 0 saturated carbocycles. The van der Waals surface area contributed by atoms with Gasteiger partial charge in [0.2, 0.25) is 0 Å². The monoisotopic (exact) mass is 335 g/mol. The highest BCUT2D eigenvalue weighted by molar-refractivity contribution is 7.92. The number of hydrogen-bond acceptors (Lipinski definition) is 6. The summed E-state index contributed by atoms with van der Waals surface area (Å²) in [5, 5.41) is 21.4. The fourth-order valence-corrected chi connectivity index (χ4v) is 3.13. The summed E-state index contributed by atoms with van der Waals surface area (Å²) in [7, 11) is -4.15. The summed E-state index contributed by atoms with van der Waals surface area (Å²) >= 11 is 0. The van der Waals surface area contributed by atoms with Crippen LogP contribution in [0.25, 0.3) is 0 Å². The molecule has 0 saturated heterocycles. The number of nitro benzene ring substituents is 1. The lowest BCUT2D eigenvalue weighted by Gasteiger charge is -2.09. The number of anilines is 1. The maximum atomic E-state index is 12.3. The van der Waals surface area contributed by atoms with Gasteiger partial charge in [-0.3, -0.25) is 14.8 Å². The van der Waals surface area contributed by atoms with E-state index < -0.39 is 31.5 Å². The largest absolute Gasteiger partial charge is 0.550 e. The van der Waals surface area contributed by atoms with Gasteiger partial charge in [-0.25, -0.2) is 8.42 Å². The number of nitro groups is 1. The van der Waals surface area contributed by atoms with Crippen LogP contribution in [0.5, 0.6) is 0 Å². The highest BCUT2D eigenvalue weighted by Crippen LogP contribution is 2.25. The standard InChI is InChI=1S/C14H12N2O6S/c17-14(18)9-10-5-7-11(8-6-10)15-23(21,22)13-4-2-1-3-12(13)16(19)20/h1-8,15H,9H2,(H,17,18)/p-1. The molecule has 0 fully saturated rings. The molecule has 8 nitrogen and oxygen atoms in total. The van der Waals surface area contributed by atoms with Crippen molar-refractivity contribution >= 4 is 27.4 Å². The molecule has 9 heteroatoms. The second-order valence-corrected chi connectivity index (χ2v) is 6.23. The van der Waals surface area contributed by atoms with Crippen molar-refractivity contribution in [2.24, 2.45) is 0 Å². The first kappa shape index (κ1) is 16.4. The van der Waals surface area contributed by atoms with E-state index >= 15 is 0 Å². The number of nitrogens with one attached hydrogen (secondary N) is 1. The summed E-state index contributed by atoms with van der Waals surface area (Å²) in [6.07, 6.45) is -0.294. The lowest BCUT2D eigenvalue weighted by Crippen LogP contribution is -2.24. The third-order valence-electron chi connectivity index (χ3n) is 2.91. The van der Waals surface area contributed by atoms with Crippen molar-refractivity contribution < 1.29 is 23.2 Å². The van der Waals surface area contributed by atoms with Gasteiger partial charge in [0.15, 0.2) is 4.90 Å². The second kappa shape index (κ2) is 6.44. The first-order chi connectivity index (χ1) is 10.8. The van der Waals surface area contributed by atoms with E-state index in [1.807, 2.05) is 0 Å². The summed E-state index contributed by atoms with van der Waals surface area (Å²) in [6.45, 7) is 0. The van der Waals surface area contributed by atoms with Crippen molar-refractivity contribution in [2.45, 2.75) is 11.3 Å². The summed E-state index contributed by atoms with van der Waals surface area (Å²) in [4.78, 5) is 20.2. The molecule has 0 unspecified atom stereocenters. The molecule has 0 aliphatic carbocycles. The van der Waals surface area contributed by atoms with E-state index in [4.69, 9.17) is 0 Å². The SMILES string of the molecule is O=C([O-])Cc1ccc(NS(=O)(=O)c2ccccc2[N+](=O)[O-])cc1. The molecular weight excluding hydrogens is 324 g/mol. The minimum Gasteiger partial charge on any atom is -0.550 e. The fourth-order valence-electron chi connectivity index (χ4n) is 1.90. The molecular formula is C14H11N2O6S-. The molecule has 1 N–H and O–H groups in total. The smallest absolute Gasteiger partial charge is 0.289 e. The van der Waals surface area contributed by atoms with E-state index in [1.165, 1.54) is 36.4 Å². The maximum Gasteiger partial charge on any atom is 0.289 e. The molecule has 0 aliphatic heterocycles. The summed E-state index contributed by atoms with van der Waals surface area (Å²) in [6, 6.07) is 10.5. The average molecular weight is 335 g/mol. The first-order valence-electron chi connectivity index (χ1n) is 6.34. The molecule has 120 valence electrons. The molecule has 2 aromatic rings. The van der Waals surface area contributed by atoms with E-state index in [9.17, 15) is 28.4 Å². The molecule has 0 spiro atoms. The maximum absolute atomic E-state index is 12.3. The fraction of sp³-hybridized carbons (Fsp3) is 0.0714. The van der Waals surface area contributed by atoms with Crippen LogP contribution in [-0.4, -0.2) is 19.3 Å². The van der Waals surface area contributed by atoms with E-state index in [0.717, 1.165) is 12.1 Å². The molecule has 0 bridgehead atoms. The minimum atomic E-state index is -4.15. The molecule has 0 heterocycles. The van der Waals surface area contributed by atoms with Crippen LogP contribution in [0.2, 0.25) is 0 Å². The van der Waals surface area contributed by atoms with E-state index in [2.05, 4.69) is 4.72 Å². The molecule has 0 aromatic heterocycles. The van der Waals surface area contributed by atoms with Crippen LogP contribution in [0, 0.1) is 10.1 Å². The highest BCUT2D eigenvalue weighted by atomic mass is 32.2. The Hall–Kier alpha value is -2.94. The summed E-state index contributed by atoms with van der Waals surface area (Å²) < 4.78 is 26.8. The lowest BCUT2D eigenvalue weighted by atomic mass is 10.1. The van der Waals surface area contributed by atoms with Gasteiger partial charge in [0.25, 0.3) is 15.7 Å². The van der Waals surface area contributed by atoms with Crippen LogP contribution in [0.3, 0.4) is 0 Å². The topological polar surface area (TPSA) is 129 Å². The van der Waals surface area contributed by atoms with Gasteiger partial charge in [-0.15, -0.1) is 0 Å². The quantitative estimate of drug-likeness (QED) is 0.610. The van der Waals surface area contributed by atoms with Crippen LogP contribution < -0.4 is 9.83 Å². The van der Waals surface area contributed by atoms with Crippen LogP contribution in [0.4, 0.5) is 11.4 Å². The van der Waals surface area contributed by atoms with Crippen LogP contribution in [0.15, 0.2) is 53.4 Å². The Bertz CT molecular complexity index is 846. The van der Waals surface area contributed by atoms with Gasteiger partial charge in [-0.2, -0.15) is 0 Å². The number of carbonyl (C=O) groups excluding carboxylic acids is 1. The highest BCUT2D eigenvalue weighted by Gasteiger charge is 2.25. The number of rotatable bonds is 6. The number of hydrogen-bond donors (Lipinski definition) is 1. The van der Waals surface area contributed by atoms with Gasteiger partial charge in [0.1, 0.15) is 0 Å². The number of aliphatic carboxylic acids is 1. The van der Waals surface area contributed by atoms with Gasteiger partial charge < -0.3 is 9.90 Å². The third kappa shape index (κ3) is 4.04. The Kier molecular flexibility index (Phi) is 4.60. The van der Waals surface area contributed by atoms with Gasteiger partial charge in [-0.05, 0) is 23.8 Å². The number of sulfonamides is 1. The second-order valence-electron chi connectivity index (χ2n) is 4.58. The number of para-hydroxylation sites is 1. The van der Waals surface area contributed by atoms with Crippen molar-refractivity contribution in [1.82, 2.24) is 0 Å². The van der Waals surface area contributed by atoms with Crippen LogP contribution in [0.1, 0.15) is 5.56 Å². The van der Waals surface area contributed by atoms with Gasteiger partial charge in [0, 0.05) is 24.1 Å². The predicted octanol–water partition coefficient (Wildman–Crippen LogP) is 0.688. The van der Waals surface area contributed by atoms with Crippen LogP contribution in [-0.2, 0) is 21.2 Å². The molecule has 0 atom stereocenters. The van der Waals surface area contributed by atoms with Crippen molar-refractivity contribution in [3.8, 4) is 0 Å². The Morgan fingerprint density at radius 3 is 2.26 bits per heavy atom. The van der Waals surface area contributed by atoms with Crippen molar-refractivity contribution in [1.29, 1.82) is 0 Å². The zero-order valence-corrected chi connectivity index (χ0v) is 12.4. The van der Waals surface area contributed by atoms with Crippen molar-refractivity contribution in [3.05, 3.63) is 64.2 Å². The number of benzene rings is 2. The van der Waals surface area contributed by atoms with E-state index in [1.54, 1.807) is 0 Å². The molecule has 0 radical (unpaired) electrons. The first-order valence-corrected chi connectivity index (χ1v) is 7.83. The molecule has 0 amide bonds. The lowest BCUT2D eigenvalue weighted by molar-refractivity contribution is -0.387. The van der Waals surface area contributed by atoms with Crippen molar-refractivity contribution in [3.63, 3.8) is 0 Å². The van der Waals surface area contributed by atoms with E-state index in [-0.39, 0.29) is 12.1 Å². The zero-order valence-electron chi connectivity index (χ0n) is 11.6. The molecule has 23 heavy (non-hydrogen) atoms. The number of nitrogens with zero attached hydrogens (tertiary/aromatic N) is 1. The van der Waals surface area contributed by atoms with Crippen molar-refractivity contribution in [2.75, 3.05) is 4.72 Å². The zero-order chi connectivity index (χ0) is 17.0. The normalized spacial score (nSPS) is 11.0. The molecule has 0 aliphatic rings. The summed E-state index contributed by atoms with van der Waals surface area (Å²) in [5.74, 6) is -1.25. The predicted molar refractivity (Wildman–Crippen MR) is 79.1 cm³/mol. The Labute approximate surface area is 131 Å². The van der Waals surface area contributed by atoms with E-state index in [0.29, 0.717) is 5.56 Å². The van der Waals surface area contributed by atoms with Gasteiger partial charge in [0.05, 0.1) is 4.92 Å². The Morgan fingerprint density at radius 1 is 1.09 bits per heavy atom. The Morgan fingerprint density at radius 2 is 1.70 bits per heavy atom. The third-order valence-corrected chi connectivity index (χ3v) is 4.33. The molecule has 2 rings (SSSR count). The van der Waals surface area contributed by atoms with Gasteiger partial charge in [-0.1, -0.05) is 24.3 Å². The number of carboxylic acids is 1.